The number of aliphatic hydroxyl groups is 1. The predicted octanol–water partition coefficient (Wildman–Crippen LogP) is 6.38. The number of ether oxygens (including phenoxy) is 2. The number of carbonyl (C=O) groups excluding carboxylic acids is 2. The summed E-state index contributed by atoms with van der Waals surface area (Å²) in [4.78, 5) is 35.5. The fourth-order valence-electron chi connectivity index (χ4n) is 10.6. The van der Waals surface area contributed by atoms with Crippen molar-refractivity contribution in [2.75, 3.05) is 0 Å². The number of hydrogen-bond donors (Lipinski definition) is 2. The second-order valence-corrected chi connectivity index (χ2v) is 15.3. The van der Waals surface area contributed by atoms with Crippen molar-refractivity contribution < 1.29 is 34.1 Å². The van der Waals surface area contributed by atoms with Crippen molar-refractivity contribution in [3.8, 4) is 0 Å². The molecule has 0 spiro atoms. The smallest absolute Gasteiger partial charge is 0.334 e. The van der Waals surface area contributed by atoms with Crippen LogP contribution in [0.5, 0.6) is 0 Å². The van der Waals surface area contributed by atoms with Crippen molar-refractivity contribution in [1.29, 1.82) is 0 Å². The van der Waals surface area contributed by atoms with Crippen LogP contribution in [-0.2, 0) is 23.9 Å². The SMILES string of the molecule is CC1=C(C)[C@H](C[C@@H](C)[C@H]2CC[C@@]3(C)C4=C(C[C@H](O)[C@]23C)[C@@]2(C)CC[C@@H](OC(=O)CC(=O)O)C(C)(C)[C@@H]2CC4)OC1=O. The number of aliphatic hydroxyl groups excluding tert-OH is 1. The number of aliphatic carboxylic acids is 1. The summed E-state index contributed by atoms with van der Waals surface area (Å²) in [6, 6.07) is 0. The van der Waals surface area contributed by atoms with E-state index in [0.717, 1.165) is 49.7 Å². The van der Waals surface area contributed by atoms with Gasteiger partial charge in [0, 0.05) is 16.4 Å². The second kappa shape index (κ2) is 9.96. The molecule has 0 aromatic heterocycles. The maximum Gasteiger partial charge on any atom is 0.334 e. The molecular weight excluding hydrogens is 520 g/mol. The van der Waals surface area contributed by atoms with Gasteiger partial charge < -0.3 is 19.7 Å². The number of cyclic esters (lactones) is 1. The molecule has 228 valence electrons. The van der Waals surface area contributed by atoms with Gasteiger partial charge in [-0.2, -0.15) is 0 Å². The molecule has 2 fully saturated rings. The lowest BCUT2D eigenvalue weighted by Gasteiger charge is -2.63. The van der Waals surface area contributed by atoms with Crippen LogP contribution in [0, 0.1) is 39.4 Å². The number of carboxylic acid groups (broad SMARTS) is 1. The summed E-state index contributed by atoms with van der Waals surface area (Å²) >= 11 is 0. The number of fused-ring (bicyclic) bond motifs is 4. The number of esters is 2. The Bertz CT molecular complexity index is 1210. The zero-order valence-electron chi connectivity index (χ0n) is 26.3. The molecule has 4 aliphatic carbocycles. The highest BCUT2D eigenvalue weighted by molar-refractivity contribution is 5.91. The third kappa shape index (κ3) is 4.34. The van der Waals surface area contributed by atoms with Gasteiger partial charge in [0.2, 0.25) is 0 Å². The maximum absolute atomic E-state index is 12.3. The minimum atomic E-state index is -1.16. The Balaban J connectivity index is 1.42. The minimum absolute atomic E-state index is 0.0979. The van der Waals surface area contributed by atoms with Crippen LogP contribution in [0.15, 0.2) is 22.3 Å². The van der Waals surface area contributed by atoms with Crippen LogP contribution in [0.4, 0.5) is 0 Å². The molecule has 5 rings (SSSR count). The summed E-state index contributed by atoms with van der Waals surface area (Å²) < 4.78 is 11.5. The lowest BCUT2D eigenvalue weighted by Crippen LogP contribution is -2.58. The molecule has 5 aliphatic rings. The van der Waals surface area contributed by atoms with E-state index in [1.165, 1.54) is 5.57 Å². The van der Waals surface area contributed by atoms with Crippen molar-refractivity contribution in [3.05, 3.63) is 22.3 Å². The Hall–Kier alpha value is -2.15. The van der Waals surface area contributed by atoms with E-state index >= 15 is 0 Å². The van der Waals surface area contributed by atoms with Gasteiger partial charge in [-0.25, -0.2) is 4.79 Å². The van der Waals surface area contributed by atoms with Gasteiger partial charge in [0.15, 0.2) is 0 Å². The van der Waals surface area contributed by atoms with Gasteiger partial charge in [-0.05, 0) is 99.4 Å². The number of rotatable bonds is 6. The highest BCUT2D eigenvalue weighted by atomic mass is 16.6. The zero-order valence-corrected chi connectivity index (χ0v) is 26.3. The van der Waals surface area contributed by atoms with E-state index in [1.54, 1.807) is 5.57 Å². The number of carboxylic acids is 1. The lowest BCUT2D eigenvalue weighted by molar-refractivity contribution is -0.173. The summed E-state index contributed by atoms with van der Waals surface area (Å²) in [5, 5.41) is 21.1. The molecule has 0 aromatic carbocycles. The van der Waals surface area contributed by atoms with Crippen molar-refractivity contribution in [2.45, 2.75) is 131 Å². The van der Waals surface area contributed by atoms with Crippen LogP contribution in [0.1, 0.15) is 113 Å². The average molecular weight is 571 g/mol. The molecule has 0 saturated heterocycles. The zero-order chi connectivity index (χ0) is 30.3. The van der Waals surface area contributed by atoms with Crippen molar-refractivity contribution in [2.24, 2.45) is 39.4 Å². The van der Waals surface area contributed by atoms with Crippen LogP contribution in [-0.4, -0.2) is 46.4 Å². The summed E-state index contributed by atoms with van der Waals surface area (Å²) in [7, 11) is 0. The Morgan fingerprint density at radius 2 is 1.73 bits per heavy atom. The minimum Gasteiger partial charge on any atom is -0.481 e. The molecule has 7 heteroatoms. The van der Waals surface area contributed by atoms with E-state index in [1.807, 2.05) is 13.8 Å². The summed E-state index contributed by atoms with van der Waals surface area (Å²) in [5.74, 6) is -1.12. The van der Waals surface area contributed by atoms with Gasteiger partial charge in [-0.1, -0.05) is 52.7 Å². The predicted molar refractivity (Wildman–Crippen MR) is 155 cm³/mol. The quantitative estimate of drug-likeness (QED) is 0.217. The van der Waals surface area contributed by atoms with E-state index in [4.69, 9.17) is 14.6 Å². The third-order valence-corrected chi connectivity index (χ3v) is 13.3. The van der Waals surface area contributed by atoms with Crippen LogP contribution >= 0.6 is 0 Å². The molecule has 0 aromatic rings. The first-order valence-electron chi connectivity index (χ1n) is 15.7. The Labute approximate surface area is 245 Å². The monoisotopic (exact) mass is 570 g/mol. The van der Waals surface area contributed by atoms with Gasteiger partial charge in [0.1, 0.15) is 18.6 Å². The highest BCUT2D eigenvalue weighted by Gasteiger charge is 2.66. The highest BCUT2D eigenvalue weighted by Crippen LogP contribution is 2.72. The lowest BCUT2D eigenvalue weighted by atomic mass is 9.42. The fraction of sp³-hybridized carbons (Fsp3) is 0.794. The van der Waals surface area contributed by atoms with Crippen molar-refractivity contribution in [3.63, 3.8) is 0 Å². The van der Waals surface area contributed by atoms with Gasteiger partial charge >= 0.3 is 17.9 Å². The summed E-state index contributed by atoms with van der Waals surface area (Å²) in [6.45, 7) is 17.6. The molecule has 0 amide bonds. The molecule has 41 heavy (non-hydrogen) atoms. The van der Waals surface area contributed by atoms with Gasteiger partial charge in [-0.3, -0.25) is 9.59 Å². The first-order chi connectivity index (χ1) is 19.0. The van der Waals surface area contributed by atoms with E-state index in [0.29, 0.717) is 24.7 Å². The molecule has 1 aliphatic heterocycles. The molecule has 0 bridgehead atoms. The Morgan fingerprint density at radius 3 is 2.34 bits per heavy atom. The number of allylic oxidation sites excluding steroid dienone is 1. The summed E-state index contributed by atoms with van der Waals surface area (Å²) in [6.07, 6.45) is 5.56. The Kier molecular flexibility index (Phi) is 7.36. The van der Waals surface area contributed by atoms with E-state index in [-0.39, 0.29) is 45.8 Å². The topological polar surface area (TPSA) is 110 Å². The largest absolute Gasteiger partial charge is 0.481 e. The molecule has 0 radical (unpaired) electrons. The van der Waals surface area contributed by atoms with Crippen LogP contribution in [0.3, 0.4) is 0 Å². The molecule has 0 unspecified atom stereocenters. The third-order valence-electron chi connectivity index (χ3n) is 13.3. The van der Waals surface area contributed by atoms with Crippen molar-refractivity contribution in [1.82, 2.24) is 0 Å². The van der Waals surface area contributed by atoms with E-state index < -0.39 is 24.5 Å². The van der Waals surface area contributed by atoms with Crippen LogP contribution in [0.25, 0.3) is 0 Å². The standard InChI is InChI=1S/C34H50O7/c1-18(15-24-19(2)20(3)30(39)40-24)21-11-14-33(7)22-9-10-25-31(4,5)27(41-29(38)17-28(36)37)12-13-32(25,6)23(22)16-26(35)34(21,33)8/h18,21,24-27,35H,9-17H2,1-8H3,(H,36,37)/t18-,21-,24+,25+,26+,27-,32-,33+,34+/m1/s1. The first kappa shape index (κ1) is 30.3. The maximum atomic E-state index is 12.3. The van der Waals surface area contributed by atoms with Crippen LogP contribution in [0.2, 0.25) is 0 Å². The molecule has 7 nitrogen and oxygen atoms in total. The van der Waals surface area contributed by atoms with E-state index in [9.17, 15) is 19.5 Å². The van der Waals surface area contributed by atoms with Gasteiger partial charge in [0.05, 0.1) is 6.10 Å². The fourth-order valence-corrected chi connectivity index (χ4v) is 10.6. The van der Waals surface area contributed by atoms with Crippen molar-refractivity contribution >= 4 is 17.9 Å². The molecule has 1 heterocycles. The molecular formula is C34H50O7. The number of hydrogen-bond acceptors (Lipinski definition) is 6. The van der Waals surface area contributed by atoms with Crippen LogP contribution < -0.4 is 0 Å². The summed E-state index contributed by atoms with van der Waals surface area (Å²) in [5.41, 5.74) is 3.99. The average Bonchev–Trinajstić information content (AvgIpc) is 3.29. The second-order valence-electron chi connectivity index (χ2n) is 15.3. The normalized spacial score (nSPS) is 42.3. The Morgan fingerprint density at radius 1 is 1.05 bits per heavy atom. The number of carbonyl (C=O) groups is 3. The molecule has 9 atom stereocenters. The van der Waals surface area contributed by atoms with Gasteiger partial charge in [0.25, 0.3) is 0 Å². The first-order valence-corrected chi connectivity index (χ1v) is 15.7. The molecule has 2 N–H and O–H groups in total. The molecule has 2 saturated carbocycles. The van der Waals surface area contributed by atoms with E-state index in [2.05, 4.69) is 41.5 Å². The van der Waals surface area contributed by atoms with Gasteiger partial charge in [-0.15, -0.1) is 0 Å².